The van der Waals surface area contributed by atoms with E-state index in [9.17, 15) is 4.79 Å². The molecule has 0 unspecified atom stereocenters. The minimum Gasteiger partial charge on any atom is -0.352 e. The van der Waals surface area contributed by atoms with Crippen LogP contribution in [0.1, 0.15) is 16.1 Å². The predicted octanol–water partition coefficient (Wildman–Crippen LogP) is 3.66. The smallest absolute Gasteiger partial charge is 0.252 e. The number of benzene rings is 1. The number of carbonyl (C=O) groups excluding carboxylic acids is 1. The van der Waals surface area contributed by atoms with Crippen LogP contribution in [0.25, 0.3) is 22.3 Å². The van der Waals surface area contributed by atoms with E-state index in [-0.39, 0.29) is 5.91 Å². The average molecular weight is 354 g/mol. The predicted molar refractivity (Wildman–Crippen MR) is 105 cm³/mol. The fourth-order valence-corrected chi connectivity index (χ4v) is 2.95. The van der Waals surface area contributed by atoms with Crippen LogP contribution in [0.2, 0.25) is 0 Å². The summed E-state index contributed by atoms with van der Waals surface area (Å²) in [5.41, 5.74) is 3.75. The highest BCUT2D eigenvalue weighted by atomic mass is 16.1. The van der Waals surface area contributed by atoms with Crippen LogP contribution in [0.3, 0.4) is 0 Å². The molecule has 3 aromatic heterocycles. The molecule has 3 heterocycles. The van der Waals surface area contributed by atoms with E-state index in [0.717, 1.165) is 22.3 Å². The van der Waals surface area contributed by atoms with Gasteiger partial charge in [0.25, 0.3) is 5.91 Å². The number of para-hydroxylation sites is 1. The second kappa shape index (κ2) is 7.74. The molecule has 0 aliphatic carbocycles. The van der Waals surface area contributed by atoms with Gasteiger partial charge in [-0.1, -0.05) is 30.3 Å². The van der Waals surface area contributed by atoms with E-state index in [1.165, 1.54) is 0 Å². The van der Waals surface area contributed by atoms with Gasteiger partial charge in [-0.15, -0.1) is 0 Å². The van der Waals surface area contributed by atoms with Gasteiger partial charge in [-0.3, -0.25) is 14.8 Å². The Balaban J connectivity index is 1.62. The Morgan fingerprint density at radius 3 is 2.41 bits per heavy atom. The zero-order valence-corrected chi connectivity index (χ0v) is 14.7. The quantitative estimate of drug-likeness (QED) is 0.594. The lowest BCUT2D eigenvalue weighted by Crippen LogP contribution is -2.26. The monoisotopic (exact) mass is 354 g/mol. The van der Waals surface area contributed by atoms with E-state index >= 15 is 0 Å². The molecule has 0 aliphatic heterocycles. The van der Waals surface area contributed by atoms with E-state index in [1.807, 2.05) is 60.7 Å². The van der Waals surface area contributed by atoms with Gasteiger partial charge in [0.1, 0.15) is 0 Å². The van der Waals surface area contributed by atoms with Gasteiger partial charge in [-0.2, -0.15) is 0 Å². The van der Waals surface area contributed by atoms with Crippen molar-refractivity contribution >= 4 is 16.8 Å². The van der Waals surface area contributed by atoms with Gasteiger partial charge >= 0.3 is 0 Å². The van der Waals surface area contributed by atoms with Crippen molar-refractivity contribution < 1.29 is 4.79 Å². The molecule has 0 bridgehead atoms. The van der Waals surface area contributed by atoms with Crippen molar-refractivity contribution in [1.29, 1.82) is 0 Å². The Kier molecular flexibility index (Phi) is 4.83. The standard InChI is InChI=1S/C22H18N4O/c27-22(25-14-11-16-7-3-5-12-23-16)18-15-21(20-10-4-6-13-24-20)26-19-9-2-1-8-17(18)19/h1-10,12-13,15H,11,14H2,(H,25,27). The number of nitrogens with one attached hydrogen (secondary N) is 1. The Labute approximate surface area is 157 Å². The molecule has 1 amide bonds. The number of nitrogens with zero attached hydrogens (tertiary/aromatic N) is 3. The van der Waals surface area contributed by atoms with Crippen molar-refractivity contribution in [2.45, 2.75) is 6.42 Å². The number of amides is 1. The molecule has 0 aliphatic rings. The van der Waals surface area contributed by atoms with Gasteiger partial charge in [0.2, 0.25) is 0 Å². The molecule has 5 heteroatoms. The van der Waals surface area contributed by atoms with Gasteiger partial charge < -0.3 is 5.32 Å². The van der Waals surface area contributed by atoms with Crippen LogP contribution < -0.4 is 5.32 Å². The minimum absolute atomic E-state index is 0.123. The first-order chi connectivity index (χ1) is 13.3. The molecular formula is C22H18N4O. The molecule has 1 aromatic carbocycles. The minimum atomic E-state index is -0.123. The largest absolute Gasteiger partial charge is 0.352 e. The third-order valence-electron chi connectivity index (χ3n) is 4.28. The second-order valence-corrected chi connectivity index (χ2v) is 6.11. The Bertz CT molecular complexity index is 1070. The van der Waals surface area contributed by atoms with E-state index in [1.54, 1.807) is 18.5 Å². The van der Waals surface area contributed by atoms with E-state index in [0.29, 0.717) is 24.2 Å². The number of pyridine rings is 3. The number of hydrogen-bond donors (Lipinski definition) is 1. The lowest BCUT2D eigenvalue weighted by molar-refractivity contribution is 0.0955. The topological polar surface area (TPSA) is 67.8 Å². The van der Waals surface area contributed by atoms with E-state index in [4.69, 9.17) is 0 Å². The average Bonchev–Trinajstić information content (AvgIpc) is 2.74. The van der Waals surface area contributed by atoms with E-state index < -0.39 is 0 Å². The van der Waals surface area contributed by atoms with Crippen molar-refractivity contribution in [3.63, 3.8) is 0 Å². The number of hydrogen-bond acceptors (Lipinski definition) is 4. The first-order valence-corrected chi connectivity index (χ1v) is 8.80. The molecular weight excluding hydrogens is 336 g/mol. The summed E-state index contributed by atoms with van der Waals surface area (Å²) in [6.07, 6.45) is 4.16. The molecule has 0 saturated carbocycles. The van der Waals surface area contributed by atoms with Gasteiger partial charge in [0.05, 0.1) is 22.5 Å². The van der Waals surface area contributed by atoms with Crippen molar-refractivity contribution in [1.82, 2.24) is 20.3 Å². The molecule has 1 N–H and O–H groups in total. The molecule has 0 fully saturated rings. The molecule has 4 rings (SSSR count). The van der Waals surface area contributed by atoms with Crippen LogP contribution in [0.4, 0.5) is 0 Å². The summed E-state index contributed by atoms with van der Waals surface area (Å²) in [6, 6.07) is 20.9. The lowest BCUT2D eigenvalue weighted by Gasteiger charge is -2.10. The summed E-state index contributed by atoms with van der Waals surface area (Å²) in [5.74, 6) is -0.123. The van der Waals surface area contributed by atoms with Crippen molar-refractivity contribution in [3.8, 4) is 11.4 Å². The molecule has 132 valence electrons. The molecule has 27 heavy (non-hydrogen) atoms. The second-order valence-electron chi connectivity index (χ2n) is 6.11. The Morgan fingerprint density at radius 2 is 1.63 bits per heavy atom. The first-order valence-electron chi connectivity index (χ1n) is 8.80. The van der Waals surface area contributed by atoms with Crippen LogP contribution in [0.15, 0.2) is 79.1 Å². The molecule has 0 radical (unpaired) electrons. The van der Waals surface area contributed by atoms with Gasteiger partial charge in [0.15, 0.2) is 0 Å². The maximum absolute atomic E-state index is 12.9. The molecule has 0 saturated heterocycles. The molecule has 0 spiro atoms. The lowest BCUT2D eigenvalue weighted by atomic mass is 10.1. The van der Waals surface area contributed by atoms with Crippen LogP contribution in [0, 0.1) is 0 Å². The van der Waals surface area contributed by atoms with Crippen LogP contribution in [0.5, 0.6) is 0 Å². The highest BCUT2D eigenvalue weighted by molar-refractivity contribution is 6.07. The normalized spacial score (nSPS) is 10.7. The molecule has 0 atom stereocenters. The molecule has 4 aromatic rings. The Morgan fingerprint density at radius 1 is 0.852 bits per heavy atom. The summed E-state index contributed by atoms with van der Waals surface area (Å²) in [5, 5.41) is 3.82. The van der Waals surface area contributed by atoms with E-state index in [2.05, 4.69) is 20.3 Å². The fourth-order valence-electron chi connectivity index (χ4n) is 2.95. The highest BCUT2D eigenvalue weighted by Crippen LogP contribution is 2.23. The summed E-state index contributed by atoms with van der Waals surface area (Å²) in [4.78, 5) is 26.2. The highest BCUT2D eigenvalue weighted by Gasteiger charge is 2.14. The van der Waals surface area contributed by atoms with Gasteiger partial charge in [-0.25, -0.2) is 4.98 Å². The maximum Gasteiger partial charge on any atom is 0.252 e. The van der Waals surface area contributed by atoms with Crippen molar-refractivity contribution in [2.24, 2.45) is 0 Å². The summed E-state index contributed by atoms with van der Waals surface area (Å²) < 4.78 is 0. The first kappa shape index (κ1) is 16.8. The SMILES string of the molecule is O=C(NCCc1ccccn1)c1cc(-c2ccccn2)nc2ccccc12. The molecule has 5 nitrogen and oxygen atoms in total. The van der Waals surface area contributed by atoms with Gasteiger partial charge in [0, 0.05) is 36.4 Å². The van der Waals surface area contributed by atoms with Crippen LogP contribution in [-0.2, 0) is 6.42 Å². The van der Waals surface area contributed by atoms with Gasteiger partial charge in [-0.05, 0) is 36.4 Å². The maximum atomic E-state index is 12.9. The zero-order valence-electron chi connectivity index (χ0n) is 14.7. The number of carbonyl (C=O) groups is 1. The van der Waals surface area contributed by atoms with Crippen molar-refractivity contribution in [3.05, 3.63) is 90.4 Å². The third kappa shape index (κ3) is 3.82. The Hall–Kier alpha value is -3.60. The van der Waals surface area contributed by atoms with Crippen LogP contribution >= 0.6 is 0 Å². The number of rotatable bonds is 5. The summed E-state index contributed by atoms with van der Waals surface area (Å²) in [6.45, 7) is 0.519. The summed E-state index contributed by atoms with van der Waals surface area (Å²) in [7, 11) is 0. The zero-order chi connectivity index (χ0) is 18.5. The van der Waals surface area contributed by atoms with Crippen LogP contribution in [-0.4, -0.2) is 27.4 Å². The third-order valence-corrected chi connectivity index (χ3v) is 4.28. The fraction of sp³-hybridized carbons (Fsp3) is 0.0909. The number of fused-ring (bicyclic) bond motifs is 1. The van der Waals surface area contributed by atoms with Crippen molar-refractivity contribution in [2.75, 3.05) is 6.54 Å². The number of aromatic nitrogens is 3. The summed E-state index contributed by atoms with van der Waals surface area (Å²) >= 11 is 0.